The predicted molar refractivity (Wildman–Crippen MR) is 101 cm³/mol. The third-order valence-corrected chi connectivity index (χ3v) is 4.94. The van der Waals surface area contributed by atoms with Gasteiger partial charge in [0.1, 0.15) is 5.69 Å². The summed E-state index contributed by atoms with van der Waals surface area (Å²) < 4.78 is 2.11. The number of likely N-dealkylation sites (tertiary alicyclic amines) is 1. The number of nitrogens with zero attached hydrogens (tertiary/aromatic N) is 3. The summed E-state index contributed by atoms with van der Waals surface area (Å²) in [6, 6.07) is 1.42. The lowest BCUT2D eigenvalue weighted by Crippen LogP contribution is -2.44. The maximum Gasteiger partial charge on any atom is 0.331 e. The summed E-state index contributed by atoms with van der Waals surface area (Å²) in [6.07, 6.45) is 2.18. The van der Waals surface area contributed by atoms with Crippen molar-refractivity contribution in [2.24, 2.45) is 14.1 Å². The van der Waals surface area contributed by atoms with Crippen molar-refractivity contribution in [1.82, 2.24) is 24.7 Å². The molecule has 1 aliphatic heterocycles. The fourth-order valence-corrected chi connectivity index (χ4v) is 3.15. The van der Waals surface area contributed by atoms with E-state index in [1.54, 1.807) is 7.05 Å². The minimum atomic E-state index is -0.540. The molecule has 156 valence electrons. The van der Waals surface area contributed by atoms with Crippen LogP contribution < -0.4 is 21.9 Å². The van der Waals surface area contributed by atoms with Crippen LogP contribution in [0.4, 0.5) is 0 Å². The van der Waals surface area contributed by atoms with Gasteiger partial charge in [-0.3, -0.25) is 33.2 Å². The van der Waals surface area contributed by atoms with Gasteiger partial charge in [-0.15, -0.1) is 0 Å². The Bertz CT molecular complexity index is 830. The van der Waals surface area contributed by atoms with E-state index in [4.69, 9.17) is 9.90 Å². The number of amides is 2. The van der Waals surface area contributed by atoms with Crippen LogP contribution in [-0.2, 0) is 23.7 Å². The van der Waals surface area contributed by atoms with Gasteiger partial charge in [-0.2, -0.15) is 0 Å². The molecule has 11 heteroatoms. The standard InChI is InChI=1S/C16H25N5O4.CH2O2/c1-17-13(22)7-10-5-6-11(19(10)2)9-18-15(24)12-8-14(23)21(4)16(25)20(12)3;2-1-3/h8,10-11H,5-7,9H2,1-4H3,(H,17,22)(H,18,24);1H,(H,2,3)/t10-,11+;/m1./s1. The average molecular weight is 397 g/mol. The minimum absolute atomic E-state index is 0.00309. The monoisotopic (exact) mass is 397 g/mol. The predicted octanol–water partition coefficient (Wildman–Crippen LogP) is -1.89. The number of carbonyl (C=O) groups excluding carboxylic acids is 2. The van der Waals surface area contributed by atoms with Crippen molar-refractivity contribution in [3.8, 4) is 0 Å². The lowest BCUT2D eigenvalue weighted by atomic mass is 10.1. The largest absolute Gasteiger partial charge is 0.483 e. The van der Waals surface area contributed by atoms with E-state index >= 15 is 0 Å². The minimum Gasteiger partial charge on any atom is -0.483 e. The van der Waals surface area contributed by atoms with E-state index in [-0.39, 0.29) is 30.2 Å². The maximum absolute atomic E-state index is 12.3. The first-order valence-electron chi connectivity index (χ1n) is 8.73. The molecule has 28 heavy (non-hydrogen) atoms. The number of carboxylic acid groups (broad SMARTS) is 1. The zero-order valence-corrected chi connectivity index (χ0v) is 16.5. The van der Waals surface area contributed by atoms with Crippen LogP contribution in [0.25, 0.3) is 0 Å². The Labute approximate surface area is 161 Å². The van der Waals surface area contributed by atoms with Crippen molar-refractivity contribution >= 4 is 18.3 Å². The van der Waals surface area contributed by atoms with E-state index in [1.165, 1.54) is 14.1 Å². The zero-order valence-electron chi connectivity index (χ0n) is 16.5. The number of carbonyl (C=O) groups is 3. The quantitative estimate of drug-likeness (QED) is 0.493. The molecule has 1 fully saturated rings. The first-order valence-corrected chi connectivity index (χ1v) is 8.73. The van der Waals surface area contributed by atoms with Gasteiger partial charge in [0.25, 0.3) is 17.9 Å². The SMILES string of the molecule is CNC(=O)C[C@H]1CC[C@@H](CNC(=O)c2cc(=O)n(C)c(=O)n2C)N1C.O=CO. The van der Waals surface area contributed by atoms with Gasteiger partial charge in [-0.1, -0.05) is 0 Å². The topological polar surface area (TPSA) is 143 Å². The summed E-state index contributed by atoms with van der Waals surface area (Å²) >= 11 is 0. The van der Waals surface area contributed by atoms with Gasteiger partial charge in [0.15, 0.2) is 0 Å². The zero-order chi connectivity index (χ0) is 21.4. The van der Waals surface area contributed by atoms with Gasteiger partial charge in [0.2, 0.25) is 5.91 Å². The van der Waals surface area contributed by atoms with Gasteiger partial charge in [-0.25, -0.2) is 4.79 Å². The highest BCUT2D eigenvalue weighted by atomic mass is 16.3. The number of aromatic nitrogens is 2. The number of rotatable bonds is 5. The third kappa shape index (κ3) is 5.52. The highest BCUT2D eigenvalue weighted by Gasteiger charge is 2.31. The highest BCUT2D eigenvalue weighted by molar-refractivity contribution is 5.92. The molecular formula is C17H27N5O6. The van der Waals surface area contributed by atoms with Crippen molar-refractivity contribution in [2.45, 2.75) is 31.3 Å². The summed E-state index contributed by atoms with van der Waals surface area (Å²) in [7, 11) is 6.37. The fraction of sp³-hybridized carbons (Fsp3) is 0.588. The molecule has 0 spiro atoms. The molecule has 0 aromatic carbocycles. The Hall–Kier alpha value is -2.95. The Balaban J connectivity index is 0.00000122. The van der Waals surface area contributed by atoms with Crippen LogP contribution in [0.5, 0.6) is 0 Å². The fourth-order valence-electron chi connectivity index (χ4n) is 3.15. The molecule has 0 unspecified atom stereocenters. The highest BCUT2D eigenvalue weighted by Crippen LogP contribution is 2.24. The van der Waals surface area contributed by atoms with E-state index in [1.807, 2.05) is 7.05 Å². The normalized spacial score (nSPS) is 18.7. The van der Waals surface area contributed by atoms with E-state index in [0.717, 1.165) is 28.0 Å². The van der Waals surface area contributed by atoms with E-state index in [0.29, 0.717) is 13.0 Å². The molecule has 0 saturated carbocycles. The summed E-state index contributed by atoms with van der Waals surface area (Å²) in [5, 5.41) is 12.3. The van der Waals surface area contributed by atoms with E-state index in [9.17, 15) is 19.2 Å². The summed E-state index contributed by atoms with van der Waals surface area (Å²) in [5.74, 6) is -0.461. The Morgan fingerprint density at radius 3 is 2.32 bits per heavy atom. The molecule has 2 rings (SSSR count). The van der Waals surface area contributed by atoms with Gasteiger partial charge in [-0.05, 0) is 19.9 Å². The summed E-state index contributed by atoms with van der Waals surface area (Å²) in [5.41, 5.74) is -1.02. The van der Waals surface area contributed by atoms with Gasteiger partial charge in [0, 0.05) is 52.3 Å². The molecular weight excluding hydrogens is 370 g/mol. The third-order valence-electron chi connectivity index (χ3n) is 4.94. The molecule has 2 atom stereocenters. The summed E-state index contributed by atoms with van der Waals surface area (Å²) in [4.78, 5) is 58.0. The van der Waals surface area contributed by atoms with Gasteiger partial charge >= 0.3 is 5.69 Å². The molecule has 1 saturated heterocycles. The molecule has 0 bridgehead atoms. The van der Waals surface area contributed by atoms with Crippen molar-refractivity contribution in [2.75, 3.05) is 20.6 Å². The molecule has 1 aromatic rings. The van der Waals surface area contributed by atoms with Crippen molar-refractivity contribution in [1.29, 1.82) is 0 Å². The first kappa shape index (κ1) is 23.1. The van der Waals surface area contributed by atoms with Crippen LogP contribution in [0.2, 0.25) is 0 Å². The second-order valence-corrected chi connectivity index (χ2v) is 6.51. The number of hydrogen-bond donors (Lipinski definition) is 3. The molecule has 1 aliphatic rings. The molecule has 1 aromatic heterocycles. The lowest BCUT2D eigenvalue weighted by molar-refractivity contribution is -0.123. The van der Waals surface area contributed by atoms with Crippen molar-refractivity contribution in [3.05, 3.63) is 32.6 Å². The summed E-state index contributed by atoms with van der Waals surface area (Å²) in [6.45, 7) is 0.142. The smallest absolute Gasteiger partial charge is 0.331 e. The first-order chi connectivity index (χ1) is 13.2. The number of likely N-dealkylation sites (N-methyl/N-ethyl adjacent to an activating group) is 1. The molecule has 3 N–H and O–H groups in total. The second kappa shape index (κ2) is 10.4. The van der Waals surface area contributed by atoms with Crippen LogP contribution in [-0.4, -0.2) is 70.2 Å². The van der Waals surface area contributed by atoms with Crippen LogP contribution in [0, 0.1) is 0 Å². The van der Waals surface area contributed by atoms with E-state index < -0.39 is 17.2 Å². The average Bonchev–Trinajstić information content (AvgIpc) is 3.01. The Morgan fingerprint density at radius 1 is 1.18 bits per heavy atom. The van der Waals surface area contributed by atoms with Crippen LogP contribution in [0.1, 0.15) is 29.8 Å². The van der Waals surface area contributed by atoms with Crippen LogP contribution in [0.15, 0.2) is 15.7 Å². The van der Waals surface area contributed by atoms with Gasteiger partial charge in [0.05, 0.1) is 0 Å². The maximum atomic E-state index is 12.3. The Morgan fingerprint density at radius 2 is 1.75 bits per heavy atom. The van der Waals surface area contributed by atoms with Crippen LogP contribution >= 0.6 is 0 Å². The molecule has 2 heterocycles. The second-order valence-electron chi connectivity index (χ2n) is 6.51. The number of hydrogen-bond acceptors (Lipinski definition) is 6. The molecule has 2 amide bonds. The number of nitrogens with one attached hydrogen (secondary N) is 2. The van der Waals surface area contributed by atoms with Crippen molar-refractivity contribution < 1.29 is 19.5 Å². The van der Waals surface area contributed by atoms with Crippen molar-refractivity contribution in [3.63, 3.8) is 0 Å². The van der Waals surface area contributed by atoms with Crippen LogP contribution in [0.3, 0.4) is 0 Å². The molecule has 0 radical (unpaired) electrons. The van der Waals surface area contributed by atoms with E-state index in [2.05, 4.69) is 15.5 Å². The van der Waals surface area contributed by atoms with Gasteiger partial charge < -0.3 is 15.7 Å². The lowest BCUT2D eigenvalue weighted by Gasteiger charge is -2.25. The molecule has 0 aliphatic carbocycles. The Kier molecular flexibility index (Phi) is 8.58. The molecule has 11 nitrogen and oxygen atoms in total.